The monoisotopic (exact) mass is 313 g/mol. The molecule has 0 aromatic heterocycles. The van der Waals surface area contributed by atoms with Gasteiger partial charge in [0.1, 0.15) is 11.6 Å². The van der Waals surface area contributed by atoms with Gasteiger partial charge < -0.3 is 10.1 Å². The van der Waals surface area contributed by atoms with Crippen LogP contribution in [0.15, 0.2) is 36.4 Å². The van der Waals surface area contributed by atoms with Gasteiger partial charge in [-0.1, -0.05) is 23.2 Å². The fourth-order valence-electron chi connectivity index (χ4n) is 1.64. The van der Waals surface area contributed by atoms with Crippen molar-refractivity contribution in [3.05, 3.63) is 57.8 Å². The fraction of sp³-hybridized carbons (Fsp3) is 0.0714. The van der Waals surface area contributed by atoms with Gasteiger partial charge in [-0.15, -0.1) is 0 Å². The number of amides is 1. The zero-order valence-electron chi connectivity index (χ0n) is 10.4. The number of carbonyl (C=O) groups excluding carboxylic acids is 1. The Morgan fingerprint density at radius 2 is 1.80 bits per heavy atom. The topological polar surface area (TPSA) is 38.3 Å². The summed E-state index contributed by atoms with van der Waals surface area (Å²) in [6, 6.07) is 8.49. The van der Waals surface area contributed by atoms with Crippen molar-refractivity contribution in [1.29, 1.82) is 0 Å². The predicted molar refractivity (Wildman–Crippen MR) is 77.4 cm³/mol. The van der Waals surface area contributed by atoms with Crippen LogP contribution in [0.1, 0.15) is 10.4 Å². The standard InChI is InChI=1S/C14H10Cl2FNO2/c1-20-13-5-3-8(15)6-10(13)14(19)18-12-7-9(16)2-4-11(12)17/h2-7H,1H3,(H,18,19). The lowest BCUT2D eigenvalue weighted by atomic mass is 10.2. The van der Waals surface area contributed by atoms with Crippen molar-refractivity contribution >= 4 is 34.8 Å². The van der Waals surface area contributed by atoms with E-state index in [0.717, 1.165) is 0 Å². The van der Waals surface area contributed by atoms with Crippen LogP contribution in [0.3, 0.4) is 0 Å². The molecule has 2 rings (SSSR count). The maximum atomic E-state index is 13.6. The highest BCUT2D eigenvalue weighted by Gasteiger charge is 2.15. The van der Waals surface area contributed by atoms with Gasteiger partial charge in [-0.05, 0) is 36.4 Å². The molecule has 1 N–H and O–H groups in total. The summed E-state index contributed by atoms with van der Waals surface area (Å²) in [6.07, 6.45) is 0. The second-order valence-corrected chi connectivity index (χ2v) is 4.80. The number of hydrogen-bond donors (Lipinski definition) is 1. The Balaban J connectivity index is 2.32. The fourth-order valence-corrected chi connectivity index (χ4v) is 1.98. The molecule has 0 bridgehead atoms. The van der Waals surface area contributed by atoms with E-state index in [9.17, 15) is 9.18 Å². The van der Waals surface area contributed by atoms with Crippen molar-refractivity contribution in [2.24, 2.45) is 0 Å². The molecule has 0 saturated carbocycles. The minimum atomic E-state index is -0.580. The van der Waals surface area contributed by atoms with E-state index in [0.29, 0.717) is 15.8 Å². The second kappa shape index (κ2) is 6.11. The van der Waals surface area contributed by atoms with Crippen LogP contribution in [0.2, 0.25) is 10.0 Å². The molecule has 3 nitrogen and oxygen atoms in total. The smallest absolute Gasteiger partial charge is 0.259 e. The van der Waals surface area contributed by atoms with Gasteiger partial charge >= 0.3 is 0 Å². The molecule has 2 aromatic carbocycles. The number of carbonyl (C=O) groups is 1. The number of nitrogens with one attached hydrogen (secondary N) is 1. The number of benzene rings is 2. The van der Waals surface area contributed by atoms with Gasteiger partial charge in [-0.3, -0.25) is 4.79 Å². The molecule has 0 saturated heterocycles. The first-order valence-electron chi connectivity index (χ1n) is 5.61. The predicted octanol–water partition coefficient (Wildman–Crippen LogP) is 4.39. The first kappa shape index (κ1) is 14.6. The summed E-state index contributed by atoms with van der Waals surface area (Å²) in [5.41, 5.74) is 0.198. The van der Waals surface area contributed by atoms with E-state index < -0.39 is 11.7 Å². The Labute approximate surface area is 125 Å². The molecule has 104 valence electrons. The average molecular weight is 314 g/mol. The largest absolute Gasteiger partial charge is 0.496 e. The van der Waals surface area contributed by atoms with Gasteiger partial charge in [0.05, 0.1) is 18.4 Å². The molecule has 0 atom stereocenters. The zero-order chi connectivity index (χ0) is 14.7. The van der Waals surface area contributed by atoms with Gasteiger partial charge in [0.15, 0.2) is 0 Å². The van der Waals surface area contributed by atoms with Crippen LogP contribution in [-0.2, 0) is 0 Å². The third-order valence-electron chi connectivity index (χ3n) is 2.58. The maximum Gasteiger partial charge on any atom is 0.259 e. The lowest BCUT2D eigenvalue weighted by Crippen LogP contribution is -2.14. The van der Waals surface area contributed by atoms with Crippen LogP contribution in [0.5, 0.6) is 5.75 Å². The van der Waals surface area contributed by atoms with Gasteiger partial charge in [0, 0.05) is 10.0 Å². The van der Waals surface area contributed by atoms with E-state index >= 15 is 0 Å². The van der Waals surface area contributed by atoms with E-state index in [1.807, 2.05) is 0 Å². The van der Waals surface area contributed by atoms with Gasteiger partial charge in [0.25, 0.3) is 5.91 Å². The lowest BCUT2D eigenvalue weighted by molar-refractivity contribution is 0.102. The highest BCUT2D eigenvalue weighted by Crippen LogP contribution is 2.25. The van der Waals surface area contributed by atoms with Crippen LogP contribution in [0.4, 0.5) is 10.1 Å². The van der Waals surface area contributed by atoms with Crippen LogP contribution in [-0.4, -0.2) is 13.0 Å². The molecule has 0 aliphatic carbocycles. The highest BCUT2D eigenvalue weighted by atomic mass is 35.5. The molecule has 0 aliphatic heterocycles. The van der Waals surface area contributed by atoms with Crippen LogP contribution < -0.4 is 10.1 Å². The number of halogens is 3. The molecular formula is C14H10Cl2FNO2. The number of ether oxygens (including phenoxy) is 1. The quantitative estimate of drug-likeness (QED) is 0.912. The molecule has 0 fully saturated rings. The van der Waals surface area contributed by atoms with E-state index in [1.54, 1.807) is 12.1 Å². The third-order valence-corrected chi connectivity index (χ3v) is 3.05. The van der Waals surface area contributed by atoms with Crippen molar-refractivity contribution in [2.45, 2.75) is 0 Å². The first-order chi connectivity index (χ1) is 9.51. The maximum absolute atomic E-state index is 13.6. The number of anilines is 1. The summed E-state index contributed by atoms with van der Waals surface area (Å²) in [5, 5.41) is 3.13. The van der Waals surface area contributed by atoms with Crippen molar-refractivity contribution in [3.8, 4) is 5.75 Å². The van der Waals surface area contributed by atoms with Crippen LogP contribution in [0, 0.1) is 5.82 Å². The Morgan fingerprint density at radius 1 is 1.15 bits per heavy atom. The van der Waals surface area contributed by atoms with Crippen molar-refractivity contribution in [3.63, 3.8) is 0 Å². The van der Waals surface area contributed by atoms with Crippen molar-refractivity contribution in [2.75, 3.05) is 12.4 Å². The first-order valence-corrected chi connectivity index (χ1v) is 6.37. The molecule has 0 aliphatic rings. The van der Waals surface area contributed by atoms with Gasteiger partial charge in [-0.2, -0.15) is 0 Å². The van der Waals surface area contributed by atoms with E-state index in [2.05, 4.69) is 5.32 Å². The summed E-state index contributed by atoms with van der Waals surface area (Å²) >= 11 is 11.6. The molecule has 0 unspecified atom stereocenters. The Kier molecular flexibility index (Phi) is 4.47. The molecular weight excluding hydrogens is 304 g/mol. The van der Waals surface area contributed by atoms with E-state index in [-0.39, 0.29) is 11.3 Å². The Bertz CT molecular complexity index is 662. The number of rotatable bonds is 3. The second-order valence-electron chi connectivity index (χ2n) is 3.92. The summed E-state index contributed by atoms with van der Waals surface area (Å²) < 4.78 is 18.7. The zero-order valence-corrected chi connectivity index (χ0v) is 11.9. The SMILES string of the molecule is COc1ccc(Cl)cc1C(=O)Nc1cc(Cl)ccc1F. The minimum Gasteiger partial charge on any atom is -0.496 e. The third kappa shape index (κ3) is 3.21. The molecule has 0 spiro atoms. The number of hydrogen-bond acceptors (Lipinski definition) is 2. The normalized spacial score (nSPS) is 10.2. The molecule has 0 radical (unpaired) electrons. The molecule has 20 heavy (non-hydrogen) atoms. The lowest BCUT2D eigenvalue weighted by Gasteiger charge is -2.10. The van der Waals surface area contributed by atoms with Crippen LogP contribution in [0.25, 0.3) is 0 Å². The van der Waals surface area contributed by atoms with Crippen LogP contribution >= 0.6 is 23.2 Å². The van der Waals surface area contributed by atoms with Gasteiger partial charge in [0.2, 0.25) is 0 Å². The van der Waals surface area contributed by atoms with E-state index in [1.165, 1.54) is 31.4 Å². The molecule has 0 heterocycles. The molecule has 1 amide bonds. The van der Waals surface area contributed by atoms with Gasteiger partial charge in [-0.25, -0.2) is 4.39 Å². The average Bonchev–Trinajstić information content (AvgIpc) is 2.42. The molecule has 2 aromatic rings. The minimum absolute atomic E-state index is 0.00970. The van der Waals surface area contributed by atoms with E-state index in [4.69, 9.17) is 27.9 Å². The number of methoxy groups -OCH3 is 1. The summed E-state index contributed by atoms with van der Waals surface area (Å²) in [5.74, 6) is -0.774. The summed E-state index contributed by atoms with van der Waals surface area (Å²) in [4.78, 5) is 12.2. The summed E-state index contributed by atoms with van der Waals surface area (Å²) in [7, 11) is 1.43. The van der Waals surface area contributed by atoms with Crippen molar-refractivity contribution < 1.29 is 13.9 Å². The highest BCUT2D eigenvalue weighted by molar-refractivity contribution is 6.31. The Hall–Kier alpha value is -1.78. The van der Waals surface area contributed by atoms with Crippen molar-refractivity contribution in [1.82, 2.24) is 0 Å². The summed E-state index contributed by atoms with van der Waals surface area (Å²) in [6.45, 7) is 0. The molecule has 6 heteroatoms. The Morgan fingerprint density at radius 3 is 2.50 bits per heavy atom.